The van der Waals surface area contributed by atoms with E-state index in [1.165, 1.54) is 205 Å². The van der Waals surface area contributed by atoms with Crippen molar-refractivity contribution in [3.63, 3.8) is 0 Å². The Labute approximate surface area is 454 Å². The summed E-state index contributed by atoms with van der Waals surface area (Å²) in [5.74, 6) is -0.709. The molecule has 1 heterocycles. The molecule has 8 N–H and O–H groups in total. The summed E-state index contributed by atoms with van der Waals surface area (Å²) in [5, 5.41) is 75.9. The van der Waals surface area contributed by atoms with Crippen LogP contribution in [0.3, 0.4) is 0 Å². The van der Waals surface area contributed by atoms with Crippen LogP contribution in [0.4, 0.5) is 0 Å². The van der Waals surface area contributed by atoms with Gasteiger partial charge in [-0.2, -0.15) is 0 Å². The lowest BCUT2D eigenvalue weighted by atomic mass is 9.98. The zero-order valence-corrected chi connectivity index (χ0v) is 47.8. The van der Waals surface area contributed by atoms with Crippen molar-refractivity contribution in [2.24, 2.45) is 0 Å². The van der Waals surface area contributed by atoms with Gasteiger partial charge < -0.3 is 50.5 Å². The van der Waals surface area contributed by atoms with Crippen LogP contribution in [-0.2, 0) is 14.3 Å². The molecule has 74 heavy (non-hydrogen) atoms. The molecule has 1 saturated heterocycles. The van der Waals surface area contributed by atoms with Crippen molar-refractivity contribution in [2.75, 3.05) is 13.2 Å². The fourth-order valence-electron chi connectivity index (χ4n) is 10.0. The molecule has 0 bridgehead atoms. The maximum Gasteiger partial charge on any atom is 0.249 e. The van der Waals surface area contributed by atoms with Gasteiger partial charge in [-0.05, 0) is 70.6 Å². The summed E-state index contributed by atoms with van der Waals surface area (Å²) < 4.78 is 11.1. The summed E-state index contributed by atoms with van der Waals surface area (Å²) >= 11 is 0. The van der Waals surface area contributed by atoms with E-state index < -0.39 is 74.2 Å². The van der Waals surface area contributed by atoms with Crippen LogP contribution in [0.5, 0.6) is 0 Å². The van der Waals surface area contributed by atoms with Crippen molar-refractivity contribution in [1.29, 1.82) is 0 Å². The van der Waals surface area contributed by atoms with Gasteiger partial charge in [0, 0.05) is 0 Å². The molecule has 0 aromatic rings. The average Bonchev–Trinajstić information content (AvgIpc) is 3.40. The fourth-order valence-corrected chi connectivity index (χ4v) is 10.0. The molecular formula is C63H119NO10. The third-order valence-corrected chi connectivity index (χ3v) is 15.1. The second-order valence-corrected chi connectivity index (χ2v) is 22.1. The summed E-state index contributed by atoms with van der Waals surface area (Å²) in [4.78, 5) is 13.2. The Morgan fingerprint density at radius 3 is 1.24 bits per heavy atom. The van der Waals surface area contributed by atoms with Gasteiger partial charge in [-0.25, -0.2) is 0 Å². The smallest absolute Gasteiger partial charge is 0.249 e. The van der Waals surface area contributed by atoms with Gasteiger partial charge in [-0.3, -0.25) is 4.79 Å². The molecule has 11 nitrogen and oxygen atoms in total. The lowest BCUT2D eigenvalue weighted by molar-refractivity contribution is -0.303. The molecule has 0 radical (unpaired) electrons. The number of hydrogen-bond acceptors (Lipinski definition) is 10. The van der Waals surface area contributed by atoms with Crippen molar-refractivity contribution in [2.45, 2.75) is 345 Å². The fraction of sp³-hybridized carbons (Fsp3) is 0.889. The molecule has 0 aromatic heterocycles. The minimum absolute atomic E-state index is 0.246. The Hall–Kier alpha value is -1.67. The first-order valence-corrected chi connectivity index (χ1v) is 31.4. The molecular weight excluding hydrogens is 931 g/mol. The highest BCUT2D eigenvalue weighted by atomic mass is 16.7. The van der Waals surface area contributed by atoms with Crippen LogP contribution in [0.1, 0.15) is 290 Å². The van der Waals surface area contributed by atoms with Gasteiger partial charge in [0.05, 0.1) is 25.4 Å². The van der Waals surface area contributed by atoms with Crippen LogP contribution >= 0.6 is 0 Å². The Morgan fingerprint density at radius 1 is 0.459 bits per heavy atom. The molecule has 0 aromatic carbocycles. The van der Waals surface area contributed by atoms with Crippen molar-refractivity contribution < 1.29 is 50.0 Å². The largest absolute Gasteiger partial charge is 0.394 e. The number of aliphatic hydroxyl groups excluding tert-OH is 7. The van der Waals surface area contributed by atoms with Gasteiger partial charge in [0.2, 0.25) is 5.91 Å². The van der Waals surface area contributed by atoms with Crippen molar-refractivity contribution in [3.05, 3.63) is 36.5 Å². The summed E-state index contributed by atoms with van der Waals surface area (Å²) in [6.45, 7) is 3.39. The normalized spacial score (nSPS) is 20.0. The third-order valence-electron chi connectivity index (χ3n) is 15.1. The topological polar surface area (TPSA) is 189 Å². The van der Waals surface area contributed by atoms with E-state index in [4.69, 9.17) is 9.47 Å². The quantitative estimate of drug-likeness (QED) is 0.0215. The second kappa shape index (κ2) is 52.1. The Bertz CT molecular complexity index is 1300. The number of aliphatic hydroxyl groups is 7. The lowest BCUT2D eigenvalue weighted by Crippen LogP contribution is -2.60. The van der Waals surface area contributed by atoms with Crippen LogP contribution in [-0.4, -0.2) is 110 Å². The zero-order chi connectivity index (χ0) is 54.0. The van der Waals surface area contributed by atoms with E-state index in [1.54, 1.807) is 0 Å². The molecule has 1 amide bonds. The van der Waals surface area contributed by atoms with Crippen molar-refractivity contribution in [1.82, 2.24) is 5.32 Å². The number of hydrogen-bond donors (Lipinski definition) is 8. The Kier molecular flexibility index (Phi) is 49.5. The van der Waals surface area contributed by atoms with Crippen LogP contribution in [0, 0.1) is 0 Å². The standard InChI is InChI=1S/C63H119NO10/c1-3-5-7-9-11-13-15-16-17-18-19-20-21-22-23-24-25-26-27-28-29-30-31-32-33-34-35-36-37-38-39-41-43-45-47-49-51-56(67)62(72)64-54(53-73-63-61(71)60(70)59(69)57(52-65)74-63)58(68)55(66)50-48-46-44-42-40-14-12-10-8-6-4-2/h10,12,26-27,42,44,54-61,63,65-71H,3-9,11,13-25,28-41,43,45-53H2,1-2H3,(H,64,72)/b12-10+,27-26-,44-42+. The number of unbranched alkanes of at least 4 members (excludes halogenated alkanes) is 36. The molecule has 0 saturated carbocycles. The van der Waals surface area contributed by atoms with Gasteiger partial charge in [0.25, 0.3) is 0 Å². The predicted octanol–water partition coefficient (Wildman–Crippen LogP) is 13.9. The molecule has 0 aliphatic carbocycles. The molecule has 11 heteroatoms. The van der Waals surface area contributed by atoms with E-state index in [2.05, 4.69) is 55.6 Å². The number of allylic oxidation sites excluding steroid dienone is 6. The minimum atomic E-state index is -1.67. The highest BCUT2D eigenvalue weighted by Gasteiger charge is 2.44. The molecule has 1 aliphatic heterocycles. The molecule has 9 atom stereocenters. The Morgan fingerprint density at radius 2 is 0.824 bits per heavy atom. The lowest BCUT2D eigenvalue weighted by Gasteiger charge is -2.40. The maximum absolute atomic E-state index is 13.2. The zero-order valence-electron chi connectivity index (χ0n) is 47.8. The molecule has 1 fully saturated rings. The van der Waals surface area contributed by atoms with E-state index in [-0.39, 0.29) is 12.8 Å². The Balaban J connectivity index is 2.12. The van der Waals surface area contributed by atoms with Crippen LogP contribution in [0.25, 0.3) is 0 Å². The van der Waals surface area contributed by atoms with E-state index in [0.717, 1.165) is 38.5 Å². The summed E-state index contributed by atoms with van der Waals surface area (Å²) in [7, 11) is 0. The van der Waals surface area contributed by atoms with E-state index >= 15 is 0 Å². The molecule has 1 aliphatic rings. The minimum Gasteiger partial charge on any atom is -0.394 e. The summed E-state index contributed by atoms with van der Waals surface area (Å²) in [5.41, 5.74) is 0. The first-order chi connectivity index (χ1) is 36.2. The monoisotopic (exact) mass is 1050 g/mol. The van der Waals surface area contributed by atoms with E-state index in [1.807, 2.05) is 0 Å². The van der Waals surface area contributed by atoms with Crippen molar-refractivity contribution in [3.8, 4) is 0 Å². The summed E-state index contributed by atoms with van der Waals surface area (Å²) in [6, 6.07) is -1.19. The van der Waals surface area contributed by atoms with E-state index in [9.17, 15) is 40.5 Å². The highest BCUT2D eigenvalue weighted by molar-refractivity contribution is 5.80. The maximum atomic E-state index is 13.2. The van der Waals surface area contributed by atoms with Crippen LogP contribution < -0.4 is 5.32 Å². The van der Waals surface area contributed by atoms with Gasteiger partial charge in [-0.1, -0.05) is 256 Å². The predicted molar refractivity (Wildman–Crippen MR) is 307 cm³/mol. The third kappa shape index (κ3) is 39.7. The van der Waals surface area contributed by atoms with Gasteiger partial charge in [0.1, 0.15) is 36.6 Å². The second-order valence-electron chi connectivity index (χ2n) is 22.1. The number of nitrogens with one attached hydrogen (secondary N) is 1. The highest BCUT2D eigenvalue weighted by Crippen LogP contribution is 2.23. The van der Waals surface area contributed by atoms with Crippen LogP contribution in [0.15, 0.2) is 36.5 Å². The SMILES string of the molecule is CCCC/C=C/CC/C=C/CCCC(O)C(O)C(COC1OC(CO)C(O)C(O)C1O)NC(=O)C(O)CCCCCCCCCCCCCCCCCC/C=C\CCCCCCCCCCCCCCCCCC. The number of carbonyl (C=O) groups excluding carboxylic acids is 1. The average molecular weight is 1050 g/mol. The number of rotatable bonds is 54. The number of carbonyl (C=O) groups is 1. The van der Waals surface area contributed by atoms with Gasteiger partial charge in [0.15, 0.2) is 6.29 Å². The summed E-state index contributed by atoms with van der Waals surface area (Å²) in [6.07, 6.45) is 54.0. The molecule has 436 valence electrons. The number of ether oxygens (including phenoxy) is 2. The van der Waals surface area contributed by atoms with Crippen LogP contribution in [0.2, 0.25) is 0 Å². The van der Waals surface area contributed by atoms with Gasteiger partial charge in [-0.15, -0.1) is 0 Å². The molecule has 0 spiro atoms. The first kappa shape index (κ1) is 70.3. The first-order valence-electron chi connectivity index (χ1n) is 31.4. The molecule has 9 unspecified atom stereocenters. The van der Waals surface area contributed by atoms with Gasteiger partial charge >= 0.3 is 0 Å². The van der Waals surface area contributed by atoms with Crippen molar-refractivity contribution >= 4 is 5.91 Å². The molecule has 1 rings (SSSR count). The number of amides is 1. The van der Waals surface area contributed by atoms with E-state index in [0.29, 0.717) is 19.3 Å².